The monoisotopic (exact) mass is 299 g/mol. The van der Waals surface area contributed by atoms with E-state index in [0.717, 1.165) is 18.6 Å². The highest BCUT2D eigenvalue weighted by Crippen LogP contribution is 2.33. The molecule has 2 rings (SSSR count). The number of aromatic amines is 1. The van der Waals surface area contributed by atoms with E-state index in [1.807, 2.05) is 6.92 Å². The number of hydrogen-bond acceptors (Lipinski definition) is 3. The van der Waals surface area contributed by atoms with Crippen molar-refractivity contribution in [3.63, 3.8) is 0 Å². The SMILES string of the molecule is CCCOc1ccc(C(F)(F)F)cc1CCc1cn[nH]n1. The lowest BCUT2D eigenvalue weighted by Gasteiger charge is -2.14. The van der Waals surface area contributed by atoms with Gasteiger partial charge < -0.3 is 4.74 Å². The van der Waals surface area contributed by atoms with Crippen molar-refractivity contribution in [1.82, 2.24) is 15.4 Å². The summed E-state index contributed by atoms with van der Waals surface area (Å²) < 4.78 is 43.9. The number of aromatic nitrogens is 3. The number of halogens is 3. The van der Waals surface area contributed by atoms with Crippen LogP contribution in [0.5, 0.6) is 5.75 Å². The van der Waals surface area contributed by atoms with Gasteiger partial charge in [-0.15, -0.1) is 0 Å². The fourth-order valence-electron chi connectivity index (χ4n) is 1.91. The Morgan fingerprint density at radius 2 is 2.05 bits per heavy atom. The molecule has 21 heavy (non-hydrogen) atoms. The van der Waals surface area contributed by atoms with Gasteiger partial charge in [-0.2, -0.15) is 28.6 Å². The van der Waals surface area contributed by atoms with Gasteiger partial charge in [0.1, 0.15) is 5.75 Å². The van der Waals surface area contributed by atoms with Gasteiger partial charge in [-0.1, -0.05) is 6.92 Å². The Morgan fingerprint density at radius 3 is 2.67 bits per heavy atom. The lowest BCUT2D eigenvalue weighted by molar-refractivity contribution is -0.137. The number of nitrogens with zero attached hydrogens (tertiary/aromatic N) is 2. The predicted octanol–water partition coefficient (Wildman–Crippen LogP) is 3.40. The molecular weight excluding hydrogens is 283 g/mol. The summed E-state index contributed by atoms with van der Waals surface area (Å²) >= 11 is 0. The van der Waals surface area contributed by atoms with E-state index < -0.39 is 11.7 Å². The third-order valence-corrected chi connectivity index (χ3v) is 2.96. The molecular formula is C14H16F3N3O. The summed E-state index contributed by atoms with van der Waals surface area (Å²) in [5.41, 5.74) is 0.566. The molecule has 7 heteroatoms. The Morgan fingerprint density at radius 1 is 1.24 bits per heavy atom. The van der Waals surface area contributed by atoms with Crippen LogP contribution in [0.3, 0.4) is 0 Å². The maximum Gasteiger partial charge on any atom is 0.416 e. The molecule has 0 spiro atoms. The summed E-state index contributed by atoms with van der Waals surface area (Å²) in [6, 6.07) is 3.58. The Bertz CT molecular complexity index is 567. The molecule has 0 aliphatic rings. The van der Waals surface area contributed by atoms with Crippen molar-refractivity contribution in [2.75, 3.05) is 6.61 Å². The summed E-state index contributed by atoms with van der Waals surface area (Å²) in [5.74, 6) is 0.494. The normalized spacial score (nSPS) is 11.6. The number of alkyl halides is 3. The molecule has 0 saturated carbocycles. The average Bonchev–Trinajstić information content (AvgIpc) is 2.95. The van der Waals surface area contributed by atoms with Crippen LogP contribution in [0.1, 0.15) is 30.2 Å². The third kappa shape index (κ3) is 4.21. The van der Waals surface area contributed by atoms with Gasteiger partial charge in [-0.05, 0) is 43.0 Å². The first-order chi connectivity index (χ1) is 10.0. The fraction of sp³-hybridized carbons (Fsp3) is 0.429. The van der Waals surface area contributed by atoms with Gasteiger partial charge in [0.05, 0.1) is 24.1 Å². The number of ether oxygens (including phenoxy) is 1. The molecule has 0 radical (unpaired) electrons. The van der Waals surface area contributed by atoms with E-state index in [1.165, 1.54) is 6.07 Å². The standard InChI is InChI=1S/C14H16F3N3O/c1-2-7-21-13-6-4-11(14(15,16)17)8-10(13)3-5-12-9-18-20-19-12/h4,6,8-9H,2-3,5,7H2,1H3,(H,18,19,20). The molecule has 1 aromatic heterocycles. The van der Waals surface area contributed by atoms with E-state index in [4.69, 9.17) is 4.74 Å². The molecule has 0 fully saturated rings. The molecule has 0 saturated heterocycles. The van der Waals surface area contributed by atoms with Gasteiger partial charge in [0.15, 0.2) is 0 Å². The maximum absolute atomic E-state index is 12.8. The van der Waals surface area contributed by atoms with Gasteiger partial charge in [0.2, 0.25) is 0 Å². The van der Waals surface area contributed by atoms with E-state index in [9.17, 15) is 13.2 Å². The molecule has 2 aromatic rings. The van der Waals surface area contributed by atoms with Crippen LogP contribution in [-0.2, 0) is 19.0 Å². The van der Waals surface area contributed by atoms with Gasteiger partial charge in [-0.25, -0.2) is 0 Å². The molecule has 4 nitrogen and oxygen atoms in total. The Labute approximate surface area is 120 Å². The lowest BCUT2D eigenvalue weighted by Crippen LogP contribution is -2.08. The number of H-pyrrole nitrogens is 1. The van der Waals surface area contributed by atoms with Crippen LogP contribution >= 0.6 is 0 Å². The summed E-state index contributed by atoms with van der Waals surface area (Å²) in [4.78, 5) is 0. The first-order valence-electron chi connectivity index (χ1n) is 6.68. The number of aryl methyl sites for hydroxylation is 2. The van der Waals surface area contributed by atoms with Gasteiger partial charge in [-0.3, -0.25) is 0 Å². The highest BCUT2D eigenvalue weighted by Gasteiger charge is 2.31. The molecule has 0 atom stereocenters. The first-order valence-corrected chi connectivity index (χ1v) is 6.68. The van der Waals surface area contributed by atoms with Crippen LogP contribution in [0.15, 0.2) is 24.4 Å². The molecule has 1 N–H and O–H groups in total. The zero-order valence-electron chi connectivity index (χ0n) is 11.6. The molecule has 0 aliphatic carbocycles. The summed E-state index contributed by atoms with van der Waals surface area (Å²) in [6.45, 7) is 2.42. The zero-order valence-corrected chi connectivity index (χ0v) is 11.6. The van der Waals surface area contributed by atoms with Gasteiger partial charge in [0, 0.05) is 0 Å². The average molecular weight is 299 g/mol. The summed E-state index contributed by atoms with van der Waals surface area (Å²) in [6.07, 6.45) is -1.09. The minimum Gasteiger partial charge on any atom is -0.493 e. The molecule has 1 aromatic carbocycles. The minimum atomic E-state index is -4.36. The van der Waals surface area contributed by atoms with E-state index in [-0.39, 0.29) is 0 Å². The molecule has 0 unspecified atom stereocenters. The second-order valence-electron chi connectivity index (χ2n) is 4.63. The second kappa shape index (κ2) is 6.60. The number of rotatable bonds is 6. The van der Waals surface area contributed by atoms with Crippen LogP contribution in [-0.4, -0.2) is 22.0 Å². The van der Waals surface area contributed by atoms with Gasteiger partial charge >= 0.3 is 6.18 Å². The number of benzene rings is 1. The van der Waals surface area contributed by atoms with E-state index in [2.05, 4.69) is 15.4 Å². The first kappa shape index (κ1) is 15.3. The Balaban J connectivity index is 2.20. The van der Waals surface area contributed by atoms with Gasteiger partial charge in [0.25, 0.3) is 0 Å². The van der Waals surface area contributed by atoms with Crippen molar-refractivity contribution in [3.8, 4) is 5.75 Å². The summed E-state index contributed by atoms with van der Waals surface area (Å²) in [5, 5.41) is 10.1. The molecule has 114 valence electrons. The lowest BCUT2D eigenvalue weighted by atomic mass is 10.0. The van der Waals surface area contributed by atoms with Crippen molar-refractivity contribution in [2.45, 2.75) is 32.4 Å². The maximum atomic E-state index is 12.8. The third-order valence-electron chi connectivity index (χ3n) is 2.96. The van der Waals surface area contributed by atoms with Crippen molar-refractivity contribution < 1.29 is 17.9 Å². The number of nitrogens with one attached hydrogen (secondary N) is 1. The van der Waals surface area contributed by atoms with Crippen LogP contribution in [0.25, 0.3) is 0 Å². The van der Waals surface area contributed by atoms with Crippen molar-refractivity contribution in [3.05, 3.63) is 41.2 Å². The van der Waals surface area contributed by atoms with E-state index in [0.29, 0.717) is 36.5 Å². The Hall–Kier alpha value is -2.05. The quantitative estimate of drug-likeness (QED) is 0.889. The van der Waals surface area contributed by atoms with Crippen LogP contribution in [0.2, 0.25) is 0 Å². The minimum absolute atomic E-state index is 0.412. The number of hydrogen-bond donors (Lipinski definition) is 1. The second-order valence-corrected chi connectivity index (χ2v) is 4.63. The fourth-order valence-corrected chi connectivity index (χ4v) is 1.91. The summed E-state index contributed by atoms with van der Waals surface area (Å²) in [7, 11) is 0. The zero-order chi connectivity index (χ0) is 15.3. The largest absolute Gasteiger partial charge is 0.493 e. The van der Waals surface area contributed by atoms with Crippen LogP contribution in [0.4, 0.5) is 13.2 Å². The highest BCUT2D eigenvalue weighted by molar-refractivity contribution is 5.38. The molecule has 0 aliphatic heterocycles. The highest BCUT2D eigenvalue weighted by atomic mass is 19.4. The van der Waals surface area contributed by atoms with Crippen molar-refractivity contribution >= 4 is 0 Å². The smallest absolute Gasteiger partial charge is 0.416 e. The van der Waals surface area contributed by atoms with E-state index in [1.54, 1.807) is 6.20 Å². The van der Waals surface area contributed by atoms with E-state index >= 15 is 0 Å². The van der Waals surface area contributed by atoms with Crippen molar-refractivity contribution in [2.24, 2.45) is 0 Å². The van der Waals surface area contributed by atoms with Crippen LogP contribution < -0.4 is 4.74 Å². The van der Waals surface area contributed by atoms with Crippen molar-refractivity contribution in [1.29, 1.82) is 0 Å². The molecule has 1 heterocycles. The van der Waals surface area contributed by atoms with Crippen LogP contribution in [0, 0.1) is 0 Å². The molecule has 0 bridgehead atoms. The Kier molecular flexibility index (Phi) is 4.82. The molecule has 0 amide bonds. The predicted molar refractivity (Wildman–Crippen MR) is 71.0 cm³/mol. The topological polar surface area (TPSA) is 50.8 Å².